The second-order valence-electron chi connectivity index (χ2n) is 6.80. The zero-order chi connectivity index (χ0) is 19.8. The molecule has 1 aliphatic heterocycles. The van der Waals surface area contributed by atoms with Crippen LogP contribution in [0, 0.1) is 11.6 Å². The molecule has 2 aromatic carbocycles. The second-order valence-corrected chi connectivity index (χ2v) is 6.80. The Morgan fingerprint density at radius 3 is 2.50 bits per heavy atom. The predicted octanol–water partition coefficient (Wildman–Crippen LogP) is 2.92. The molecular weight excluding hydrogens is 364 g/mol. The number of rotatable bonds is 8. The highest BCUT2D eigenvalue weighted by molar-refractivity contribution is 5.90. The van der Waals surface area contributed by atoms with Gasteiger partial charge < -0.3 is 15.4 Å². The Bertz CT molecular complexity index is 795. The summed E-state index contributed by atoms with van der Waals surface area (Å²) in [6.07, 6.45) is 0.443. The molecule has 2 N–H and O–H groups in total. The molecule has 0 saturated carbocycles. The molecule has 0 bridgehead atoms. The second kappa shape index (κ2) is 10.3. The minimum atomic E-state index is -0.846. The lowest BCUT2D eigenvalue weighted by Crippen LogP contribution is -2.38. The first kappa shape index (κ1) is 20.4. The molecule has 1 amide bonds. The number of nitrogens with one attached hydrogen (secondary N) is 2. The fourth-order valence-corrected chi connectivity index (χ4v) is 3.07. The van der Waals surface area contributed by atoms with Gasteiger partial charge in [-0.05, 0) is 35.4 Å². The molecule has 1 heterocycles. The highest BCUT2D eigenvalue weighted by atomic mass is 19.2. The maximum absolute atomic E-state index is 13.2. The number of anilines is 1. The number of benzene rings is 2. The third kappa shape index (κ3) is 6.37. The summed E-state index contributed by atoms with van der Waals surface area (Å²) in [5, 5.41) is 6.12. The van der Waals surface area contributed by atoms with Crippen LogP contribution in [0.3, 0.4) is 0 Å². The zero-order valence-electron chi connectivity index (χ0n) is 15.7. The van der Waals surface area contributed by atoms with Crippen LogP contribution in [0.25, 0.3) is 0 Å². The molecule has 3 rings (SSSR count). The van der Waals surface area contributed by atoms with Gasteiger partial charge in [0.1, 0.15) is 0 Å². The van der Waals surface area contributed by atoms with Gasteiger partial charge in [-0.15, -0.1) is 0 Å². The first-order valence-corrected chi connectivity index (χ1v) is 9.44. The van der Waals surface area contributed by atoms with Crippen molar-refractivity contribution in [1.82, 2.24) is 10.2 Å². The molecule has 1 saturated heterocycles. The molecule has 150 valence electrons. The topological polar surface area (TPSA) is 53.6 Å². The number of ether oxygens (including phenoxy) is 1. The maximum Gasteiger partial charge on any atom is 0.225 e. The van der Waals surface area contributed by atoms with E-state index in [1.165, 1.54) is 6.07 Å². The van der Waals surface area contributed by atoms with Crippen molar-refractivity contribution in [3.8, 4) is 0 Å². The van der Waals surface area contributed by atoms with E-state index >= 15 is 0 Å². The first-order chi connectivity index (χ1) is 13.6. The van der Waals surface area contributed by atoms with Crippen molar-refractivity contribution in [3.63, 3.8) is 0 Å². The molecule has 0 spiro atoms. The van der Waals surface area contributed by atoms with Crippen molar-refractivity contribution >= 4 is 11.6 Å². The van der Waals surface area contributed by atoms with Crippen LogP contribution in [0.1, 0.15) is 17.5 Å². The van der Waals surface area contributed by atoms with E-state index in [-0.39, 0.29) is 5.91 Å². The summed E-state index contributed by atoms with van der Waals surface area (Å²) < 4.78 is 31.5. The first-order valence-electron chi connectivity index (χ1n) is 9.44. The minimum absolute atomic E-state index is 0.0154. The highest BCUT2D eigenvalue weighted by Crippen LogP contribution is 2.12. The third-order valence-corrected chi connectivity index (χ3v) is 4.61. The molecule has 5 nitrogen and oxygen atoms in total. The summed E-state index contributed by atoms with van der Waals surface area (Å²) in [6.45, 7) is 4.88. The van der Waals surface area contributed by atoms with Gasteiger partial charge in [-0.3, -0.25) is 9.69 Å². The van der Waals surface area contributed by atoms with Crippen molar-refractivity contribution in [2.45, 2.75) is 19.5 Å². The molecule has 1 fully saturated rings. The molecular formula is C21H25F2N3O2. The molecule has 0 radical (unpaired) electrons. The summed E-state index contributed by atoms with van der Waals surface area (Å²) in [4.78, 5) is 14.4. The van der Waals surface area contributed by atoms with Crippen LogP contribution < -0.4 is 10.6 Å². The molecule has 0 atom stereocenters. The van der Waals surface area contributed by atoms with Gasteiger partial charge in [0.15, 0.2) is 11.6 Å². The quantitative estimate of drug-likeness (QED) is 0.729. The Morgan fingerprint density at radius 2 is 1.75 bits per heavy atom. The zero-order valence-corrected chi connectivity index (χ0v) is 15.7. The predicted molar refractivity (Wildman–Crippen MR) is 104 cm³/mol. The van der Waals surface area contributed by atoms with Crippen LogP contribution in [0.2, 0.25) is 0 Å². The van der Waals surface area contributed by atoms with Gasteiger partial charge in [0.25, 0.3) is 0 Å². The summed E-state index contributed by atoms with van der Waals surface area (Å²) in [6, 6.07) is 11.5. The van der Waals surface area contributed by atoms with Crippen molar-refractivity contribution in [2.75, 3.05) is 38.2 Å². The highest BCUT2D eigenvalue weighted by Gasteiger charge is 2.12. The number of hydrogen-bond donors (Lipinski definition) is 2. The number of nitrogens with zero attached hydrogens (tertiary/aromatic N) is 1. The lowest BCUT2D eigenvalue weighted by atomic mass is 10.1. The number of carbonyl (C=O) groups is 1. The van der Waals surface area contributed by atoms with Crippen molar-refractivity contribution in [2.24, 2.45) is 0 Å². The van der Waals surface area contributed by atoms with Crippen molar-refractivity contribution in [1.29, 1.82) is 0 Å². The Hall–Kier alpha value is -2.35. The SMILES string of the molecule is O=C(CCN1CCOCC1)Nc1cccc(CNCc2ccc(F)c(F)c2)c1. The van der Waals surface area contributed by atoms with Gasteiger partial charge in [0.2, 0.25) is 5.91 Å². The van der Waals surface area contributed by atoms with Crippen molar-refractivity contribution in [3.05, 3.63) is 65.2 Å². The smallest absolute Gasteiger partial charge is 0.225 e. The third-order valence-electron chi connectivity index (χ3n) is 4.61. The van der Waals surface area contributed by atoms with Gasteiger partial charge in [-0.25, -0.2) is 8.78 Å². The average molecular weight is 389 g/mol. The largest absolute Gasteiger partial charge is 0.379 e. The van der Waals surface area contributed by atoms with E-state index in [0.717, 1.165) is 50.2 Å². The van der Waals surface area contributed by atoms with E-state index in [9.17, 15) is 13.6 Å². The molecule has 28 heavy (non-hydrogen) atoms. The normalized spacial score (nSPS) is 14.8. The fraction of sp³-hybridized carbons (Fsp3) is 0.381. The number of amides is 1. The summed E-state index contributed by atoms with van der Waals surface area (Å²) in [5.74, 6) is -1.71. The van der Waals surface area contributed by atoms with Crippen LogP contribution in [0.4, 0.5) is 14.5 Å². The molecule has 0 aliphatic carbocycles. The van der Waals surface area contributed by atoms with Gasteiger partial charge in [0.05, 0.1) is 13.2 Å². The van der Waals surface area contributed by atoms with E-state index in [4.69, 9.17) is 4.74 Å². The van der Waals surface area contributed by atoms with E-state index < -0.39 is 11.6 Å². The van der Waals surface area contributed by atoms with E-state index in [1.54, 1.807) is 6.07 Å². The van der Waals surface area contributed by atoms with Crippen LogP contribution >= 0.6 is 0 Å². The summed E-state index contributed by atoms with van der Waals surface area (Å²) in [5.41, 5.74) is 2.42. The van der Waals surface area contributed by atoms with Gasteiger partial charge in [0, 0.05) is 44.8 Å². The molecule has 0 unspecified atom stereocenters. The van der Waals surface area contributed by atoms with Crippen molar-refractivity contribution < 1.29 is 18.3 Å². The van der Waals surface area contributed by atoms with Crippen LogP contribution in [0.15, 0.2) is 42.5 Å². The Balaban J connectivity index is 1.43. The lowest BCUT2D eigenvalue weighted by molar-refractivity contribution is -0.116. The fourth-order valence-electron chi connectivity index (χ4n) is 3.07. The molecule has 7 heteroatoms. The molecule has 1 aliphatic rings. The number of morpholine rings is 1. The van der Waals surface area contributed by atoms with Crippen LogP contribution in [-0.4, -0.2) is 43.7 Å². The Kier molecular flexibility index (Phi) is 7.47. The van der Waals surface area contributed by atoms with Gasteiger partial charge >= 0.3 is 0 Å². The average Bonchev–Trinajstić information content (AvgIpc) is 2.70. The Labute approximate surface area is 163 Å². The minimum Gasteiger partial charge on any atom is -0.379 e. The number of hydrogen-bond acceptors (Lipinski definition) is 4. The molecule has 2 aromatic rings. The van der Waals surface area contributed by atoms with E-state index in [0.29, 0.717) is 25.1 Å². The van der Waals surface area contributed by atoms with E-state index in [2.05, 4.69) is 15.5 Å². The lowest BCUT2D eigenvalue weighted by Gasteiger charge is -2.26. The standard InChI is InChI=1S/C21H25F2N3O2/c22-19-5-4-17(13-20(19)23)15-24-14-16-2-1-3-18(12-16)25-21(27)6-7-26-8-10-28-11-9-26/h1-5,12-13,24H,6-11,14-15H2,(H,25,27). The number of halogens is 2. The monoisotopic (exact) mass is 389 g/mol. The van der Waals surface area contributed by atoms with Gasteiger partial charge in [-0.2, -0.15) is 0 Å². The summed E-state index contributed by atoms with van der Waals surface area (Å²) >= 11 is 0. The number of carbonyl (C=O) groups excluding carboxylic acids is 1. The Morgan fingerprint density at radius 1 is 1.00 bits per heavy atom. The molecule has 0 aromatic heterocycles. The summed E-state index contributed by atoms with van der Waals surface area (Å²) in [7, 11) is 0. The maximum atomic E-state index is 13.2. The van der Waals surface area contributed by atoms with Crippen LogP contribution in [-0.2, 0) is 22.6 Å². The van der Waals surface area contributed by atoms with Gasteiger partial charge in [-0.1, -0.05) is 18.2 Å². The van der Waals surface area contributed by atoms with E-state index in [1.807, 2.05) is 24.3 Å². The van der Waals surface area contributed by atoms with Crippen LogP contribution in [0.5, 0.6) is 0 Å².